The number of benzene rings is 1. The first kappa shape index (κ1) is 13.3. The highest BCUT2D eigenvalue weighted by Gasteiger charge is 2.15. The lowest BCUT2D eigenvalue weighted by molar-refractivity contribution is -0.384. The van der Waals surface area contributed by atoms with Crippen molar-refractivity contribution < 1.29 is 19.9 Å². The molecule has 0 atom stereocenters. The third kappa shape index (κ3) is 2.64. The second-order valence-corrected chi connectivity index (χ2v) is 3.81. The molecule has 8 nitrogen and oxygen atoms in total. The molecule has 1 amide bonds. The first-order valence-corrected chi connectivity index (χ1v) is 5.41. The van der Waals surface area contributed by atoms with E-state index in [1.807, 2.05) is 0 Å². The van der Waals surface area contributed by atoms with E-state index < -0.39 is 10.8 Å². The molecule has 0 saturated carbocycles. The molecule has 0 bridgehead atoms. The zero-order valence-corrected chi connectivity index (χ0v) is 9.98. The number of pyridine rings is 1. The molecule has 20 heavy (non-hydrogen) atoms. The van der Waals surface area contributed by atoms with E-state index in [9.17, 15) is 25.1 Å². The molecule has 0 aliphatic rings. The maximum Gasteiger partial charge on any atom is 0.271 e. The van der Waals surface area contributed by atoms with Gasteiger partial charge in [-0.2, -0.15) is 0 Å². The van der Waals surface area contributed by atoms with Gasteiger partial charge in [0.1, 0.15) is 11.5 Å². The average Bonchev–Trinajstić information content (AvgIpc) is 2.41. The second-order valence-electron chi connectivity index (χ2n) is 3.81. The first-order chi connectivity index (χ1) is 9.49. The smallest absolute Gasteiger partial charge is 0.271 e. The molecule has 3 N–H and O–H groups in total. The van der Waals surface area contributed by atoms with E-state index in [1.165, 1.54) is 12.3 Å². The van der Waals surface area contributed by atoms with E-state index in [0.29, 0.717) is 0 Å². The van der Waals surface area contributed by atoms with Crippen molar-refractivity contribution >= 4 is 17.3 Å². The Labute approximate surface area is 112 Å². The number of aromatic nitrogens is 1. The van der Waals surface area contributed by atoms with E-state index in [0.717, 1.165) is 24.4 Å². The molecule has 1 heterocycles. The lowest BCUT2D eigenvalue weighted by Gasteiger charge is -2.08. The minimum Gasteiger partial charge on any atom is -0.506 e. The minimum atomic E-state index is -0.722. The third-order valence-electron chi connectivity index (χ3n) is 2.48. The van der Waals surface area contributed by atoms with Crippen molar-refractivity contribution in [3.8, 4) is 11.5 Å². The number of carbonyl (C=O) groups is 1. The quantitative estimate of drug-likeness (QED) is 0.444. The number of phenols is 1. The van der Waals surface area contributed by atoms with Gasteiger partial charge >= 0.3 is 0 Å². The Morgan fingerprint density at radius 1 is 1.25 bits per heavy atom. The van der Waals surface area contributed by atoms with Crippen molar-refractivity contribution in [1.82, 2.24) is 4.98 Å². The molecule has 0 unspecified atom stereocenters. The van der Waals surface area contributed by atoms with Crippen molar-refractivity contribution in [3.63, 3.8) is 0 Å². The van der Waals surface area contributed by atoms with E-state index in [2.05, 4.69) is 10.3 Å². The van der Waals surface area contributed by atoms with E-state index in [4.69, 9.17) is 0 Å². The maximum absolute atomic E-state index is 11.9. The van der Waals surface area contributed by atoms with Crippen LogP contribution in [0.2, 0.25) is 0 Å². The second kappa shape index (κ2) is 5.22. The highest BCUT2D eigenvalue weighted by atomic mass is 16.6. The van der Waals surface area contributed by atoms with Crippen molar-refractivity contribution in [3.05, 3.63) is 52.3 Å². The van der Waals surface area contributed by atoms with E-state index in [-0.39, 0.29) is 28.4 Å². The zero-order chi connectivity index (χ0) is 14.7. The summed E-state index contributed by atoms with van der Waals surface area (Å²) in [6.45, 7) is 0. The molecule has 8 heteroatoms. The standard InChI is InChI=1S/C12H9N3O5/c16-10-2-1-7(15(19)20)5-9(10)14-12(18)8-3-4-13-6-11(8)17/h1-6,16-17H,(H,14,18). The van der Waals surface area contributed by atoms with Gasteiger partial charge in [0.2, 0.25) is 0 Å². The predicted molar refractivity (Wildman–Crippen MR) is 68.6 cm³/mol. The molecule has 2 rings (SSSR count). The van der Waals surface area contributed by atoms with Crippen LogP contribution in [0.5, 0.6) is 11.5 Å². The van der Waals surface area contributed by atoms with E-state index >= 15 is 0 Å². The van der Waals surface area contributed by atoms with Crippen LogP contribution in [-0.2, 0) is 0 Å². The highest BCUT2D eigenvalue weighted by Crippen LogP contribution is 2.28. The molecule has 0 spiro atoms. The lowest BCUT2D eigenvalue weighted by atomic mass is 10.2. The number of rotatable bonds is 3. The van der Waals surface area contributed by atoms with Crippen molar-refractivity contribution in [2.75, 3.05) is 5.32 Å². The third-order valence-corrected chi connectivity index (χ3v) is 2.48. The van der Waals surface area contributed by atoms with Gasteiger partial charge in [0, 0.05) is 18.3 Å². The molecular weight excluding hydrogens is 266 g/mol. The number of aromatic hydroxyl groups is 2. The largest absolute Gasteiger partial charge is 0.506 e. The number of nitrogens with one attached hydrogen (secondary N) is 1. The fourth-order valence-electron chi connectivity index (χ4n) is 1.51. The molecule has 0 saturated heterocycles. The molecule has 0 aliphatic heterocycles. The molecule has 1 aromatic heterocycles. The fraction of sp³-hybridized carbons (Fsp3) is 0. The Bertz CT molecular complexity index is 687. The van der Waals surface area contributed by atoms with Crippen LogP contribution in [-0.4, -0.2) is 26.0 Å². The number of amides is 1. The first-order valence-electron chi connectivity index (χ1n) is 5.41. The number of nitro benzene ring substituents is 1. The van der Waals surface area contributed by atoms with Gasteiger partial charge in [-0.3, -0.25) is 19.9 Å². The predicted octanol–water partition coefficient (Wildman–Crippen LogP) is 1.65. The minimum absolute atomic E-state index is 0.0640. The highest BCUT2D eigenvalue weighted by molar-refractivity contribution is 6.06. The summed E-state index contributed by atoms with van der Waals surface area (Å²) in [4.78, 5) is 25.5. The van der Waals surface area contributed by atoms with Gasteiger partial charge in [-0.15, -0.1) is 0 Å². The lowest BCUT2D eigenvalue weighted by Crippen LogP contribution is -2.12. The van der Waals surface area contributed by atoms with Crippen LogP contribution >= 0.6 is 0 Å². The number of anilines is 1. The van der Waals surface area contributed by atoms with E-state index in [1.54, 1.807) is 0 Å². The molecular formula is C12H9N3O5. The Balaban J connectivity index is 2.30. The van der Waals surface area contributed by atoms with Crippen LogP contribution in [0, 0.1) is 10.1 Å². The molecule has 102 valence electrons. The summed E-state index contributed by atoms with van der Waals surface area (Å²) >= 11 is 0. The van der Waals surface area contributed by atoms with Gasteiger partial charge < -0.3 is 15.5 Å². The van der Waals surface area contributed by atoms with Gasteiger partial charge in [-0.25, -0.2) is 0 Å². The summed E-state index contributed by atoms with van der Waals surface area (Å²) in [6, 6.07) is 4.50. The number of nitrogens with zero attached hydrogens (tertiary/aromatic N) is 2. The van der Waals surface area contributed by atoms with Crippen molar-refractivity contribution in [2.45, 2.75) is 0 Å². The topological polar surface area (TPSA) is 126 Å². The number of non-ortho nitro benzene ring substituents is 1. The van der Waals surface area contributed by atoms with Gasteiger partial charge in [0.25, 0.3) is 11.6 Å². The van der Waals surface area contributed by atoms with Crippen molar-refractivity contribution in [2.24, 2.45) is 0 Å². The summed E-state index contributed by atoms with van der Waals surface area (Å²) in [6.07, 6.45) is 2.39. The summed E-state index contributed by atoms with van der Waals surface area (Å²) in [5.41, 5.74) is -0.469. The molecule has 2 aromatic rings. The summed E-state index contributed by atoms with van der Waals surface area (Å²) in [5, 5.41) is 32.0. The number of carbonyl (C=O) groups excluding carboxylic acids is 1. The molecule has 1 aromatic carbocycles. The van der Waals surface area contributed by atoms with Crippen LogP contribution in [0.25, 0.3) is 0 Å². The van der Waals surface area contributed by atoms with Crippen LogP contribution in [0.4, 0.5) is 11.4 Å². The van der Waals surface area contributed by atoms with Crippen LogP contribution in [0.15, 0.2) is 36.7 Å². The summed E-state index contributed by atoms with van der Waals surface area (Å²) < 4.78 is 0. The number of hydrogen-bond acceptors (Lipinski definition) is 6. The van der Waals surface area contributed by atoms with Crippen LogP contribution in [0.3, 0.4) is 0 Å². The summed E-state index contributed by atoms with van der Waals surface area (Å²) in [7, 11) is 0. The maximum atomic E-state index is 11.9. The Morgan fingerprint density at radius 2 is 2.00 bits per heavy atom. The Kier molecular flexibility index (Phi) is 3.47. The SMILES string of the molecule is O=C(Nc1cc([N+](=O)[O-])ccc1O)c1ccncc1O. The molecule has 0 radical (unpaired) electrons. The van der Waals surface area contributed by atoms with Gasteiger partial charge in [0.15, 0.2) is 0 Å². The molecule has 0 fully saturated rings. The average molecular weight is 275 g/mol. The number of phenolic OH excluding ortho intramolecular Hbond substituents is 1. The van der Waals surface area contributed by atoms with Crippen molar-refractivity contribution in [1.29, 1.82) is 0 Å². The van der Waals surface area contributed by atoms with Gasteiger partial charge in [0.05, 0.1) is 22.4 Å². The zero-order valence-electron chi connectivity index (χ0n) is 9.98. The normalized spacial score (nSPS) is 10.0. The number of hydrogen-bond donors (Lipinski definition) is 3. The van der Waals surface area contributed by atoms with Gasteiger partial charge in [-0.05, 0) is 12.1 Å². The Morgan fingerprint density at radius 3 is 2.65 bits per heavy atom. The fourth-order valence-corrected chi connectivity index (χ4v) is 1.51. The van der Waals surface area contributed by atoms with Crippen LogP contribution < -0.4 is 5.32 Å². The van der Waals surface area contributed by atoms with Gasteiger partial charge in [-0.1, -0.05) is 0 Å². The Hall–Kier alpha value is -3.16. The monoisotopic (exact) mass is 275 g/mol. The summed E-state index contributed by atoms with van der Waals surface area (Å²) in [5.74, 6) is -1.38. The van der Waals surface area contributed by atoms with Crippen LogP contribution in [0.1, 0.15) is 10.4 Å². The molecule has 0 aliphatic carbocycles. The number of nitro groups is 1.